The Morgan fingerprint density at radius 2 is 1.97 bits per heavy atom. The average molecular weight is 543 g/mol. The van der Waals surface area contributed by atoms with Crippen LogP contribution in [0.5, 0.6) is 5.75 Å². The lowest BCUT2D eigenvalue weighted by atomic mass is 9.77. The zero-order chi connectivity index (χ0) is 27.8. The van der Waals surface area contributed by atoms with Gasteiger partial charge in [0.15, 0.2) is 17.2 Å². The summed E-state index contributed by atoms with van der Waals surface area (Å²) in [4.78, 5) is 29.9. The molecule has 5 atom stereocenters. The largest absolute Gasteiger partial charge is 0.493 e. The van der Waals surface area contributed by atoms with Crippen LogP contribution in [0.2, 0.25) is 0 Å². The van der Waals surface area contributed by atoms with E-state index in [1.807, 2.05) is 0 Å². The molecular weight excluding hydrogens is 515 g/mol. The van der Waals surface area contributed by atoms with E-state index in [1.54, 1.807) is 0 Å². The highest BCUT2D eigenvalue weighted by atomic mass is 19.4. The quantitative estimate of drug-likeness (QED) is 0.483. The molecule has 0 aliphatic carbocycles. The smallest absolute Gasteiger partial charge is 0.417 e. The number of pyridine rings is 1. The molecule has 13 heteroatoms. The van der Waals surface area contributed by atoms with Gasteiger partial charge in [0.05, 0.1) is 7.11 Å². The number of carbonyl (C=O) groups is 2. The monoisotopic (exact) mass is 542 g/mol. The number of carbonyl (C=O) groups excluding carboxylic acids is 2. The fourth-order valence-corrected chi connectivity index (χ4v) is 4.92. The number of benzene rings is 1. The van der Waals surface area contributed by atoms with Crippen LogP contribution in [0.15, 0.2) is 30.5 Å². The summed E-state index contributed by atoms with van der Waals surface area (Å²) in [5.41, 5.74) is -2.84. The first kappa shape index (κ1) is 27.7. The van der Waals surface area contributed by atoms with Crippen molar-refractivity contribution in [3.05, 3.63) is 53.4 Å². The number of rotatable bonds is 6. The van der Waals surface area contributed by atoms with Gasteiger partial charge in [-0.3, -0.25) is 14.6 Å². The first-order valence-corrected chi connectivity index (χ1v) is 11.9. The van der Waals surface area contributed by atoms with Crippen LogP contribution in [0.4, 0.5) is 27.6 Å². The third kappa shape index (κ3) is 5.04. The van der Waals surface area contributed by atoms with Crippen molar-refractivity contribution in [1.82, 2.24) is 15.6 Å². The number of amides is 2. The van der Waals surface area contributed by atoms with Gasteiger partial charge in [0.25, 0.3) is 11.8 Å². The molecule has 2 aliphatic heterocycles. The van der Waals surface area contributed by atoms with Crippen molar-refractivity contribution < 1.29 is 41.0 Å². The molecular formula is C25H27F5N4O4. The van der Waals surface area contributed by atoms with Crippen LogP contribution in [0.1, 0.15) is 42.2 Å². The van der Waals surface area contributed by atoms with Crippen molar-refractivity contribution in [3.63, 3.8) is 0 Å². The minimum absolute atomic E-state index is 0.00522. The van der Waals surface area contributed by atoms with Crippen LogP contribution < -0.4 is 20.7 Å². The van der Waals surface area contributed by atoms with E-state index in [1.165, 1.54) is 25.3 Å². The van der Waals surface area contributed by atoms with E-state index >= 15 is 0 Å². The summed E-state index contributed by atoms with van der Waals surface area (Å²) in [6, 6.07) is 4.40. The van der Waals surface area contributed by atoms with Crippen molar-refractivity contribution in [2.45, 2.75) is 50.1 Å². The summed E-state index contributed by atoms with van der Waals surface area (Å²) in [6.45, 7) is 3.39. The zero-order valence-corrected chi connectivity index (χ0v) is 20.8. The van der Waals surface area contributed by atoms with Crippen LogP contribution >= 0.6 is 0 Å². The van der Waals surface area contributed by atoms with Crippen LogP contribution in [0.3, 0.4) is 0 Å². The zero-order valence-electron chi connectivity index (χ0n) is 20.8. The van der Waals surface area contributed by atoms with Crippen LogP contribution in [-0.2, 0) is 9.53 Å². The number of hydrogen-bond donors (Lipinski definition) is 3. The molecule has 1 aromatic heterocycles. The molecule has 0 unspecified atom stereocenters. The highest BCUT2D eigenvalue weighted by Crippen LogP contribution is 2.55. The molecule has 3 heterocycles. The Kier molecular flexibility index (Phi) is 7.62. The number of alkyl halides is 3. The third-order valence-corrected chi connectivity index (χ3v) is 7.23. The van der Waals surface area contributed by atoms with Gasteiger partial charge in [-0.15, -0.1) is 0 Å². The number of nitrogens with one attached hydrogen (secondary N) is 3. The Bertz CT molecular complexity index is 1220. The molecule has 4 rings (SSSR count). The first-order chi connectivity index (χ1) is 17.9. The summed E-state index contributed by atoms with van der Waals surface area (Å²) in [7, 11) is 1.05. The standard InChI is InChI=1S/C25H27F5N4O4/c1-12-18(15-4-5-16(26)19(27)20(15)37-3)21(38-24(12,2)25(28,29)30)23(36)33-13-7-9-32-17(10-13)22(35)34-14-6-8-31-11-14/h4-5,7,9-10,12,14,18,21,31H,6,8,11H2,1-3H3,(H,34,35)(H,32,33,36)/t12-,14-,18-,21+,24+/m0/s1. The maximum atomic E-state index is 14.5. The Labute approximate surface area is 215 Å². The van der Waals surface area contributed by atoms with Crippen molar-refractivity contribution in [2.75, 3.05) is 25.5 Å². The van der Waals surface area contributed by atoms with Gasteiger partial charge in [-0.25, -0.2) is 4.39 Å². The molecule has 8 nitrogen and oxygen atoms in total. The summed E-state index contributed by atoms with van der Waals surface area (Å²) < 4.78 is 81.0. The number of aromatic nitrogens is 1. The molecule has 2 amide bonds. The van der Waals surface area contributed by atoms with Crippen LogP contribution in [-0.4, -0.2) is 60.9 Å². The van der Waals surface area contributed by atoms with Gasteiger partial charge in [-0.2, -0.15) is 17.6 Å². The summed E-state index contributed by atoms with van der Waals surface area (Å²) in [5.74, 6) is -7.46. The summed E-state index contributed by atoms with van der Waals surface area (Å²) in [6.07, 6.45) is -4.63. The predicted octanol–water partition coefficient (Wildman–Crippen LogP) is 3.54. The van der Waals surface area contributed by atoms with Crippen LogP contribution in [0, 0.1) is 17.6 Å². The Balaban J connectivity index is 1.64. The molecule has 2 aliphatic rings. The van der Waals surface area contributed by atoms with E-state index in [2.05, 4.69) is 20.9 Å². The number of anilines is 1. The lowest BCUT2D eigenvalue weighted by Crippen LogP contribution is -2.47. The molecule has 206 valence electrons. The summed E-state index contributed by atoms with van der Waals surface area (Å²) >= 11 is 0. The minimum Gasteiger partial charge on any atom is -0.493 e. The normalized spacial score (nSPS) is 27.3. The lowest BCUT2D eigenvalue weighted by Gasteiger charge is -2.32. The Morgan fingerprint density at radius 1 is 1.24 bits per heavy atom. The van der Waals surface area contributed by atoms with Crippen molar-refractivity contribution in [3.8, 4) is 5.75 Å². The number of halogens is 5. The second-order valence-electron chi connectivity index (χ2n) is 9.52. The molecule has 0 bridgehead atoms. The van der Waals surface area contributed by atoms with E-state index in [0.29, 0.717) is 6.54 Å². The summed E-state index contributed by atoms with van der Waals surface area (Å²) in [5, 5.41) is 8.39. The van der Waals surface area contributed by atoms with E-state index in [4.69, 9.17) is 9.47 Å². The molecule has 2 aromatic rings. The SMILES string of the molecule is COc1c([C@H]2[C@H](C(=O)Nc3ccnc(C(=O)N[C@H]4CCNC4)c3)O[C@@](C)(C(F)(F)F)[C@H]2C)ccc(F)c1F. The van der Waals surface area contributed by atoms with Gasteiger partial charge in [0.2, 0.25) is 5.82 Å². The van der Waals surface area contributed by atoms with Crippen molar-refractivity contribution >= 4 is 17.5 Å². The van der Waals surface area contributed by atoms with Gasteiger partial charge in [-0.1, -0.05) is 13.0 Å². The number of hydrogen-bond acceptors (Lipinski definition) is 6. The van der Waals surface area contributed by atoms with Gasteiger partial charge in [-0.05, 0) is 38.1 Å². The molecule has 0 saturated carbocycles. The Morgan fingerprint density at radius 3 is 2.61 bits per heavy atom. The van der Waals surface area contributed by atoms with E-state index < -0.39 is 58.9 Å². The number of methoxy groups -OCH3 is 1. The van der Waals surface area contributed by atoms with Crippen molar-refractivity contribution in [2.24, 2.45) is 5.92 Å². The highest BCUT2D eigenvalue weighted by Gasteiger charge is 2.65. The molecule has 0 spiro atoms. The van der Waals surface area contributed by atoms with Crippen molar-refractivity contribution in [1.29, 1.82) is 0 Å². The molecule has 1 aromatic carbocycles. The van der Waals surface area contributed by atoms with E-state index in [9.17, 15) is 31.5 Å². The third-order valence-electron chi connectivity index (χ3n) is 7.23. The second kappa shape index (κ2) is 10.4. The van der Waals surface area contributed by atoms with Gasteiger partial charge < -0.3 is 25.4 Å². The fourth-order valence-electron chi connectivity index (χ4n) is 4.92. The lowest BCUT2D eigenvalue weighted by molar-refractivity contribution is -0.272. The fraction of sp³-hybridized carbons (Fsp3) is 0.480. The molecule has 0 radical (unpaired) electrons. The molecule has 2 saturated heterocycles. The van der Waals surface area contributed by atoms with Crippen LogP contribution in [0.25, 0.3) is 0 Å². The topological polar surface area (TPSA) is 102 Å². The molecule has 2 fully saturated rings. The van der Waals surface area contributed by atoms with Gasteiger partial charge in [0.1, 0.15) is 11.8 Å². The molecule has 38 heavy (non-hydrogen) atoms. The number of nitrogens with zero attached hydrogens (tertiary/aromatic N) is 1. The average Bonchev–Trinajstić information content (AvgIpc) is 3.47. The highest BCUT2D eigenvalue weighted by molar-refractivity contribution is 5.98. The second-order valence-corrected chi connectivity index (χ2v) is 9.52. The van der Waals surface area contributed by atoms with E-state index in [-0.39, 0.29) is 23.0 Å². The van der Waals surface area contributed by atoms with Gasteiger partial charge >= 0.3 is 6.18 Å². The maximum Gasteiger partial charge on any atom is 0.417 e. The molecule has 3 N–H and O–H groups in total. The maximum absolute atomic E-state index is 14.5. The minimum atomic E-state index is -4.89. The van der Waals surface area contributed by atoms with Gasteiger partial charge in [0, 0.05) is 41.9 Å². The predicted molar refractivity (Wildman–Crippen MR) is 126 cm³/mol. The van der Waals surface area contributed by atoms with E-state index in [0.717, 1.165) is 39.1 Å². The number of ether oxygens (including phenoxy) is 2. The first-order valence-electron chi connectivity index (χ1n) is 11.9. The Hall–Kier alpha value is -3.32.